The van der Waals surface area contributed by atoms with Crippen LogP contribution in [-0.4, -0.2) is 36.7 Å². The molecule has 0 aliphatic carbocycles. The third-order valence-corrected chi connectivity index (χ3v) is 3.16. The minimum absolute atomic E-state index is 0.279. The van der Waals surface area contributed by atoms with Crippen LogP contribution in [0.4, 0.5) is 0 Å². The first kappa shape index (κ1) is 16.0. The molecule has 0 fully saturated rings. The molecule has 0 saturated heterocycles. The van der Waals surface area contributed by atoms with Crippen LogP contribution >= 0.6 is 11.8 Å². The number of nitrogens with one attached hydrogen (secondary N) is 1. The summed E-state index contributed by atoms with van der Waals surface area (Å²) in [5.74, 6) is -0.980. The number of ether oxygens (including phenoxy) is 1. The molecule has 2 amide bonds. The molecule has 0 aliphatic rings. The monoisotopic (exact) mass is 296 g/mol. The third-order valence-electron chi connectivity index (χ3n) is 2.20. The Labute approximate surface area is 121 Å². The molecule has 0 radical (unpaired) electrons. The van der Waals surface area contributed by atoms with E-state index in [1.807, 2.05) is 19.1 Å². The largest absolute Gasteiger partial charge is 0.452 e. The van der Waals surface area contributed by atoms with Crippen LogP contribution in [0.3, 0.4) is 0 Å². The minimum Gasteiger partial charge on any atom is -0.452 e. The van der Waals surface area contributed by atoms with Gasteiger partial charge >= 0.3 is 5.97 Å². The molecule has 0 spiro atoms. The Hall–Kier alpha value is -2.02. The Morgan fingerprint density at radius 1 is 1.30 bits per heavy atom. The van der Waals surface area contributed by atoms with Gasteiger partial charge in [0.2, 0.25) is 5.91 Å². The predicted octanol–water partition coefficient (Wildman–Crippen LogP) is 0.557. The second kappa shape index (κ2) is 8.21. The molecule has 0 unspecified atom stereocenters. The molecule has 7 heteroatoms. The standard InChI is InChI=1S/C13H16N2O4S/c1-2-20-10-6-4-3-5-9(10)13(18)19-8-12(17)15-7-11(14)16/h3-6H,2,7-8H2,1H3,(H2,14,16)(H,15,17). The lowest BCUT2D eigenvalue weighted by Gasteiger charge is -2.08. The molecule has 0 heterocycles. The van der Waals surface area contributed by atoms with E-state index in [9.17, 15) is 14.4 Å². The lowest BCUT2D eigenvalue weighted by molar-refractivity contribution is -0.127. The minimum atomic E-state index is -0.658. The van der Waals surface area contributed by atoms with Gasteiger partial charge in [-0.1, -0.05) is 19.1 Å². The lowest BCUT2D eigenvalue weighted by atomic mass is 10.2. The van der Waals surface area contributed by atoms with Crippen molar-refractivity contribution in [2.75, 3.05) is 18.9 Å². The second-order valence-corrected chi connectivity index (χ2v) is 5.05. The second-order valence-electron chi connectivity index (χ2n) is 3.75. The zero-order valence-corrected chi connectivity index (χ0v) is 11.9. The van der Waals surface area contributed by atoms with Gasteiger partial charge in [0, 0.05) is 4.90 Å². The van der Waals surface area contributed by atoms with Gasteiger partial charge in [0.15, 0.2) is 6.61 Å². The summed E-state index contributed by atoms with van der Waals surface area (Å²) in [6, 6.07) is 7.01. The number of amides is 2. The van der Waals surface area contributed by atoms with Gasteiger partial charge in [0.25, 0.3) is 5.91 Å². The van der Waals surface area contributed by atoms with Gasteiger partial charge in [0.05, 0.1) is 12.1 Å². The number of esters is 1. The van der Waals surface area contributed by atoms with E-state index in [0.29, 0.717) is 5.56 Å². The molecule has 0 bridgehead atoms. The summed E-state index contributed by atoms with van der Waals surface area (Å²) in [7, 11) is 0. The average molecular weight is 296 g/mol. The fourth-order valence-corrected chi connectivity index (χ4v) is 2.15. The maximum absolute atomic E-state index is 11.9. The normalized spacial score (nSPS) is 9.85. The molecule has 0 aromatic heterocycles. The van der Waals surface area contributed by atoms with E-state index < -0.39 is 24.4 Å². The van der Waals surface area contributed by atoms with Crippen molar-refractivity contribution in [3.63, 3.8) is 0 Å². The van der Waals surface area contributed by atoms with Gasteiger partial charge in [-0.15, -0.1) is 11.8 Å². The molecule has 0 atom stereocenters. The Morgan fingerprint density at radius 2 is 2.00 bits per heavy atom. The van der Waals surface area contributed by atoms with E-state index in [0.717, 1.165) is 10.6 Å². The van der Waals surface area contributed by atoms with Crippen LogP contribution in [0, 0.1) is 0 Å². The molecule has 3 N–H and O–H groups in total. The molecular weight excluding hydrogens is 280 g/mol. The number of nitrogens with two attached hydrogens (primary N) is 1. The zero-order chi connectivity index (χ0) is 15.0. The fourth-order valence-electron chi connectivity index (χ4n) is 1.36. The van der Waals surface area contributed by atoms with Crippen molar-refractivity contribution in [1.82, 2.24) is 5.32 Å². The quantitative estimate of drug-likeness (QED) is 0.566. The summed E-state index contributed by atoms with van der Waals surface area (Å²) in [5, 5.41) is 2.23. The molecule has 1 aromatic carbocycles. The van der Waals surface area contributed by atoms with Crippen LogP contribution in [-0.2, 0) is 14.3 Å². The first-order valence-corrected chi connectivity index (χ1v) is 6.97. The molecular formula is C13H16N2O4S. The van der Waals surface area contributed by atoms with Gasteiger partial charge < -0.3 is 15.8 Å². The van der Waals surface area contributed by atoms with E-state index in [2.05, 4.69) is 5.32 Å². The Morgan fingerprint density at radius 3 is 2.65 bits per heavy atom. The molecule has 0 aliphatic heterocycles. The number of carbonyl (C=O) groups excluding carboxylic acids is 3. The number of thioether (sulfide) groups is 1. The number of rotatable bonds is 7. The third kappa shape index (κ3) is 5.31. The van der Waals surface area contributed by atoms with E-state index in [4.69, 9.17) is 10.5 Å². The highest BCUT2D eigenvalue weighted by atomic mass is 32.2. The van der Waals surface area contributed by atoms with Crippen LogP contribution < -0.4 is 11.1 Å². The fraction of sp³-hybridized carbons (Fsp3) is 0.308. The maximum atomic E-state index is 11.9. The molecule has 1 rings (SSSR count). The first-order chi connectivity index (χ1) is 9.54. The van der Waals surface area contributed by atoms with Crippen LogP contribution in [0.1, 0.15) is 17.3 Å². The average Bonchev–Trinajstić information content (AvgIpc) is 2.43. The molecule has 1 aromatic rings. The van der Waals surface area contributed by atoms with Crippen molar-refractivity contribution in [2.45, 2.75) is 11.8 Å². The molecule has 108 valence electrons. The van der Waals surface area contributed by atoms with E-state index in [-0.39, 0.29) is 6.54 Å². The summed E-state index contributed by atoms with van der Waals surface area (Å²) >= 11 is 1.52. The Kier molecular flexibility index (Phi) is 6.58. The SMILES string of the molecule is CCSc1ccccc1C(=O)OCC(=O)NCC(N)=O. The van der Waals surface area contributed by atoms with Crippen molar-refractivity contribution in [1.29, 1.82) is 0 Å². The van der Waals surface area contributed by atoms with Gasteiger partial charge in [0.1, 0.15) is 0 Å². The Bertz CT molecular complexity index is 505. The van der Waals surface area contributed by atoms with Crippen LogP contribution in [0.15, 0.2) is 29.2 Å². The molecule has 0 saturated carbocycles. The maximum Gasteiger partial charge on any atom is 0.339 e. The van der Waals surface area contributed by atoms with Crippen molar-refractivity contribution < 1.29 is 19.1 Å². The van der Waals surface area contributed by atoms with Gasteiger partial charge in [-0.25, -0.2) is 4.79 Å². The number of primary amides is 1. The van der Waals surface area contributed by atoms with E-state index in [1.165, 1.54) is 11.8 Å². The van der Waals surface area contributed by atoms with Crippen molar-refractivity contribution >= 4 is 29.5 Å². The smallest absolute Gasteiger partial charge is 0.339 e. The first-order valence-electron chi connectivity index (χ1n) is 5.98. The lowest BCUT2D eigenvalue weighted by Crippen LogP contribution is -2.36. The highest BCUT2D eigenvalue weighted by Crippen LogP contribution is 2.22. The van der Waals surface area contributed by atoms with Crippen molar-refractivity contribution in [3.05, 3.63) is 29.8 Å². The highest BCUT2D eigenvalue weighted by Gasteiger charge is 2.14. The van der Waals surface area contributed by atoms with Crippen molar-refractivity contribution in [3.8, 4) is 0 Å². The van der Waals surface area contributed by atoms with Crippen molar-refractivity contribution in [2.24, 2.45) is 5.73 Å². The summed E-state index contributed by atoms with van der Waals surface area (Å²) in [5.41, 5.74) is 5.30. The Balaban J connectivity index is 2.54. The predicted molar refractivity (Wildman–Crippen MR) is 75.3 cm³/mol. The summed E-state index contributed by atoms with van der Waals surface area (Å²) in [6.07, 6.45) is 0. The number of hydrogen-bond donors (Lipinski definition) is 2. The molecule has 6 nitrogen and oxygen atoms in total. The van der Waals surface area contributed by atoms with Gasteiger partial charge in [-0.3, -0.25) is 9.59 Å². The van der Waals surface area contributed by atoms with Crippen LogP contribution in [0.5, 0.6) is 0 Å². The zero-order valence-electron chi connectivity index (χ0n) is 11.0. The van der Waals surface area contributed by atoms with E-state index >= 15 is 0 Å². The number of hydrogen-bond acceptors (Lipinski definition) is 5. The van der Waals surface area contributed by atoms with Crippen LogP contribution in [0.2, 0.25) is 0 Å². The number of carbonyl (C=O) groups is 3. The topological polar surface area (TPSA) is 98.5 Å². The van der Waals surface area contributed by atoms with E-state index in [1.54, 1.807) is 12.1 Å². The van der Waals surface area contributed by atoms with Gasteiger partial charge in [-0.2, -0.15) is 0 Å². The van der Waals surface area contributed by atoms with Gasteiger partial charge in [-0.05, 0) is 17.9 Å². The summed E-state index contributed by atoms with van der Waals surface area (Å²) in [6.45, 7) is 1.25. The number of benzene rings is 1. The highest BCUT2D eigenvalue weighted by molar-refractivity contribution is 7.99. The van der Waals surface area contributed by atoms with Crippen LogP contribution in [0.25, 0.3) is 0 Å². The summed E-state index contributed by atoms with van der Waals surface area (Å²) in [4.78, 5) is 34.4. The molecule has 20 heavy (non-hydrogen) atoms. The summed E-state index contributed by atoms with van der Waals surface area (Å²) < 4.78 is 4.89.